The summed E-state index contributed by atoms with van der Waals surface area (Å²) in [4.78, 5) is 24.7. The third-order valence-electron chi connectivity index (χ3n) is 5.64. The second-order valence-corrected chi connectivity index (χ2v) is 10.7. The van der Waals surface area contributed by atoms with Crippen LogP contribution in [0.5, 0.6) is 5.75 Å². The highest BCUT2D eigenvalue weighted by molar-refractivity contribution is 8.00. The number of thiophene rings is 1. The molecule has 1 aliphatic heterocycles. The molecule has 8 heteroatoms. The van der Waals surface area contributed by atoms with Crippen LogP contribution < -0.4 is 10.1 Å². The number of ether oxygens (including phenoxy) is 2. The van der Waals surface area contributed by atoms with Crippen LogP contribution in [0.25, 0.3) is 21.6 Å². The van der Waals surface area contributed by atoms with Gasteiger partial charge in [0.2, 0.25) is 5.91 Å². The van der Waals surface area contributed by atoms with Crippen molar-refractivity contribution in [1.82, 2.24) is 9.97 Å². The molecule has 6 nitrogen and oxygen atoms in total. The molecule has 0 unspecified atom stereocenters. The van der Waals surface area contributed by atoms with Crippen LogP contribution in [0.4, 0.5) is 5.69 Å². The van der Waals surface area contributed by atoms with Gasteiger partial charge in [-0.25, -0.2) is 9.97 Å². The van der Waals surface area contributed by atoms with E-state index in [1.807, 2.05) is 54.6 Å². The fourth-order valence-electron chi connectivity index (χ4n) is 3.94. The number of rotatable bonds is 6. The Morgan fingerprint density at radius 1 is 1.15 bits per heavy atom. The molecule has 3 heterocycles. The van der Waals surface area contributed by atoms with E-state index in [0.717, 1.165) is 38.7 Å². The molecule has 2 aromatic carbocycles. The highest BCUT2D eigenvalue weighted by Crippen LogP contribution is 2.42. The van der Waals surface area contributed by atoms with Gasteiger partial charge in [0, 0.05) is 27.9 Å². The number of carbonyl (C=O) groups excluding carboxylic acids is 1. The highest BCUT2D eigenvalue weighted by atomic mass is 32.2. The number of methoxy groups -OCH3 is 1. The minimum Gasteiger partial charge on any atom is -0.497 e. The van der Waals surface area contributed by atoms with E-state index in [0.29, 0.717) is 12.4 Å². The zero-order valence-corrected chi connectivity index (χ0v) is 20.9. The summed E-state index contributed by atoms with van der Waals surface area (Å²) in [6.45, 7) is 4.79. The van der Waals surface area contributed by atoms with E-state index in [2.05, 4.69) is 19.2 Å². The maximum absolute atomic E-state index is 12.7. The van der Waals surface area contributed by atoms with Gasteiger partial charge < -0.3 is 14.8 Å². The molecule has 1 amide bonds. The highest BCUT2D eigenvalue weighted by Gasteiger charge is 2.31. The van der Waals surface area contributed by atoms with Gasteiger partial charge in [0.15, 0.2) is 5.82 Å². The Labute approximate surface area is 206 Å². The molecule has 0 fully saturated rings. The normalized spacial score (nSPS) is 14.6. The van der Waals surface area contributed by atoms with Crippen LogP contribution in [0.3, 0.4) is 0 Å². The van der Waals surface area contributed by atoms with Crippen LogP contribution in [0.1, 0.15) is 24.3 Å². The Bertz CT molecular complexity index is 1340. The third-order valence-corrected chi connectivity index (χ3v) is 7.72. The molecular formula is C26H25N3O3S2. The lowest BCUT2D eigenvalue weighted by atomic mass is 9.94. The van der Waals surface area contributed by atoms with E-state index >= 15 is 0 Å². The Kier molecular flexibility index (Phi) is 6.29. The molecule has 174 valence electrons. The molecular weight excluding hydrogens is 466 g/mol. The van der Waals surface area contributed by atoms with Crippen molar-refractivity contribution in [2.24, 2.45) is 0 Å². The minimum atomic E-state index is -0.243. The quantitative estimate of drug-likeness (QED) is 0.265. The van der Waals surface area contributed by atoms with Gasteiger partial charge in [-0.15, -0.1) is 11.3 Å². The zero-order chi connectivity index (χ0) is 23.7. The molecule has 0 saturated heterocycles. The van der Waals surface area contributed by atoms with E-state index in [4.69, 9.17) is 19.4 Å². The van der Waals surface area contributed by atoms with Gasteiger partial charge in [0.1, 0.15) is 15.6 Å². The molecule has 0 spiro atoms. The van der Waals surface area contributed by atoms with Gasteiger partial charge >= 0.3 is 0 Å². The lowest BCUT2D eigenvalue weighted by molar-refractivity contribution is -0.113. The largest absolute Gasteiger partial charge is 0.497 e. The van der Waals surface area contributed by atoms with Crippen molar-refractivity contribution >= 4 is 44.9 Å². The van der Waals surface area contributed by atoms with Crippen LogP contribution >= 0.6 is 23.1 Å². The van der Waals surface area contributed by atoms with Crippen molar-refractivity contribution in [2.45, 2.75) is 37.5 Å². The molecule has 34 heavy (non-hydrogen) atoms. The Hall–Kier alpha value is -2.94. The summed E-state index contributed by atoms with van der Waals surface area (Å²) in [7, 11) is 1.62. The van der Waals surface area contributed by atoms with Crippen LogP contribution in [-0.2, 0) is 22.6 Å². The SMILES string of the molecule is COc1ccc(NC(=O)CSc2nc(-c3ccccc3)nc3sc4c(c23)CC(C)(C)OC4)cc1. The fourth-order valence-corrected chi connectivity index (χ4v) is 5.96. The second kappa shape index (κ2) is 9.37. The third kappa shape index (κ3) is 4.80. The molecule has 0 saturated carbocycles. The summed E-state index contributed by atoms with van der Waals surface area (Å²) in [6.07, 6.45) is 0.794. The lowest BCUT2D eigenvalue weighted by Gasteiger charge is -2.30. The lowest BCUT2D eigenvalue weighted by Crippen LogP contribution is -2.31. The summed E-state index contributed by atoms with van der Waals surface area (Å²) >= 11 is 3.11. The van der Waals surface area contributed by atoms with Gasteiger partial charge in [-0.1, -0.05) is 42.1 Å². The first-order chi connectivity index (χ1) is 16.4. The molecule has 0 radical (unpaired) electrons. The van der Waals surface area contributed by atoms with Crippen molar-refractivity contribution in [3.05, 3.63) is 65.0 Å². The predicted octanol–water partition coefficient (Wildman–Crippen LogP) is 5.95. The summed E-state index contributed by atoms with van der Waals surface area (Å²) < 4.78 is 11.2. The van der Waals surface area contributed by atoms with Crippen molar-refractivity contribution in [3.63, 3.8) is 0 Å². The number of aromatic nitrogens is 2. The van der Waals surface area contributed by atoms with Crippen molar-refractivity contribution < 1.29 is 14.3 Å². The molecule has 0 bridgehead atoms. The number of hydrogen-bond donors (Lipinski definition) is 1. The van der Waals surface area contributed by atoms with Crippen molar-refractivity contribution in [3.8, 4) is 17.1 Å². The first-order valence-corrected chi connectivity index (χ1v) is 12.8. The summed E-state index contributed by atoms with van der Waals surface area (Å²) in [5.74, 6) is 1.58. The topological polar surface area (TPSA) is 73.3 Å². The molecule has 1 N–H and O–H groups in total. The Balaban J connectivity index is 1.46. The van der Waals surface area contributed by atoms with Crippen molar-refractivity contribution in [2.75, 3.05) is 18.2 Å². The van der Waals surface area contributed by atoms with E-state index in [-0.39, 0.29) is 17.3 Å². The molecule has 1 aliphatic rings. The monoisotopic (exact) mass is 491 g/mol. The Morgan fingerprint density at radius 3 is 2.65 bits per heavy atom. The van der Waals surface area contributed by atoms with Gasteiger partial charge in [-0.3, -0.25) is 4.79 Å². The van der Waals surface area contributed by atoms with E-state index < -0.39 is 0 Å². The van der Waals surface area contributed by atoms with Gasteiger partial charge in [0.25, 0.3) is 0 Å². The molecule has 0 atom stereocenters. The first-order valence-electron chi connectivity index (χ1n) is 11.0. The Morgan fingerprint density at radius 2 is 1.91 bits per heavy atom. The van der Waals surface area contributed by atoms with Crippen molar-refractivity contribution in [1.29, 1.82) is 0 Å². The van der Waals surface area contributed by atoms with Crippen LogP contribution in [0.15, 0.2) is 59.6 Å². The number of fused-ring (bicyclic) bond motifs is 3. The number of carbonyl (C=O) groups is 1. The number of nitrogens with zero attached hydrogens (tertiary/aromatic N) is 2. The summed E-state index contributed by atoms with van der Waals surface area (Å²) in [5.41, 5.74) is 2.69. The number of amides is 1. The first kappa shape index (κ1) is 22.8. The average molecular weight is 492 g/mol. The number of nitrogens with one attached hydrogen (secondary N) is 1. The summed E-state index contributed by atoms with van der Waals surface area (Å²) in [5, 5.41) is 4.84. The van der Waals surface area contributed by atoms with E-state index in [9.17, 15) is 4.79 Å². The second-order valence-electron chi connectivity index (χ2n) is 8.69. The van der Waals surface area contributed by atoms with Gasteiger partial charge in [-0.2, -0.15) is 0 Å². The molecule has 5 rings (SSSR count). The van der Waals surface area contributed by atoms with Gasteiger partial charge in [0.05, 0.1) is 25.1 Å². The fraction of sp³-hybridized carbons (Fsp3) is 0.269. The number of benzene rings is 2. The molecule has 0 aliphatic carbocycles. The maximum atomic E-state index is 12.7. The zero-order valence-electron chi connectivity index (χ0n) is 19.3. The predicted molar refractivity (Wildman–Crippen MR) is 138 cm³/mol. The van der Waals surface area contributed by atoms with Crippen LogP contribution in [0.2, 0.25) is 0 Å². The van der Waals surface area contributed by atoms with Crippen LogP contribution in [0, 0.1) is 0 Å². The summed E-state index contributed by atoms with van der Waals surface area (Å²) in [6, 6.07) is 17.3. The van der Waals surface area contributed by atoms with Gasteiger partial charge in [-0.05, 0) is 43.7 Å². The van der Waals surface area contributed by atoms with E-state index in [1.165, 1.54) is 22.2 Å². The minimum absolute atomic E-state index is 0.0871. The standard InChI is InChI=1S/C26H25N3O3S2/c1-26(2)13-19-20(14-32-26)34-25-22(19)24(28-23(29-25)16-7-5-4-6-8-16)33-15-21(30)27-17-9-11-18(31-3)12-10-17/h4-12H,13-15H2,1-3H3,(H,27,30). The average Bonchev–Trinajstić information content (AvgIpc) is 3.20. The smallest absolute Gasteiger partial charge is 0.234 e. The maximum Gasteiger partial charge on any atom is 0.234 e. The number of hydrogen-bond acceptors (Lipinski definition) is 7. The number of anilines is 1. The van der Waals surface area contributed by atoms with Crippen LogP contribution in [-0.4, -0.2) is 34.3 Å². The number of thioether (sulfide) groups is 1. The molecule has 4 aromatic rings. The van der Waals surface area contributed by atoms with E-state index in [1.54, 1.807) is 18.4 Å². The molecule has 2 aromatic heterocycles.